The summed E-state index contributed by atoms with van der Waals surface area (Å²) in [4.78, 5) is 5.20. The first kappa shape index (κ1) is 30.3. The van der Waals surface area contributed by atoms with Crippen molar-refractivity contribution in [3.63, 3.8) is 0 Å². The van der Waals surface area contributed by atoms with Crippen LogP contribution in [0.2, 0.25) is 0 Å². The molecule has 3 aromatic heterocycles. The van der Waals surface area contributed by atoms with Crippen molar-refractivity contribution in [1.29, 1.82) is 0 Å². The summed E-state index contributed by atoms with van der Waals surface area (Å²) in [7, 11) is 2.20. The van der Waals surface area contributed by atoms with Crippen LogP contribution in [0.1, 0.15) is 56.2 Å². The molecule has 244 valence electrons. The molecule has 0 atom stereocenters. The molecule has 0 amide bonds. The number of aromatic nitrogens is 3. The lowest BCUT2D eigenvalue weighted by molar-refractivity contribution is -0.633. The van der Waals surface area contributed by atoms with E-state index in [1.807, 2.05) is 0 Å². The Bertz CT molecular complexity index is 2750. The fourth-order valence-corrected chi connectivity index (χ4v) is 7.98. The van der Waals surface area contributed by atoms with Gasteiger partial charge in [-0.3, -0.25) is 0 Å². The third-order valence-electron chi connectivity index (χ3n) is 10.5. The number of benzene rings is 6. The summed E-state index contributed by atoms with van der Waals surface area (Å²) in [5, 5.41) is 4.40. The maximum absolute atomic E-state index is 6.95. The highest BCUT2D eigenvalue weighted by Crippen LogP contribution is 2.44. The normalized spacial score (nSPS) is 12.2. The van der Waals surface area contributed by atoms with Crippen molar-refractivity contribution in [2.75, 3.05) is 0 Å². The van der Waals surface area contributed by atoms with Crippen LogP contribution in [0.5, 0.6) is 0 Å². The van der Waals surface area contributed by atoms with Crippen molar-refractivity contribution in [3.05, 3.63) is 138 Å². The molecule has 0 spiro atoms. The predicted molar refractivity (Wildman–Crippen MR) is 208 cm³/mol. The Morgan fingerprint density at radius 2 is 1.38 bits per heavy atom. The topological polar surface area (TPSA) is 34.8 Å². The van der Waals surface area contributed by atoms with Crippen LogP contribution in [0.3, 0.4) is 0 Å². The number of imidazole rings is 1. The highest BCUT2D eigenvalue weighted by molar-refractivity contribution is 6.20. The van der Waals surface area contributed by atoms with Gasteiger partial charge in [-0.05, 0) is 84.0 Å². The highest BCUT2D eigenvalue weighted by atomic mass is 16.3. The minimum Gasteiger partial charge on any atom is -0.455 e. The zero-order chi connectivity index (χ0) is 34.3. The molecular weight excluding hydrogens is 611 g/mol. The summed E-state index contributed by atoms with van der Waals surface area (Å²) >= 11 is 0. The Kier molecular flexibility index (Phi) is 6.93. The molecular formula is C46H40N3O+. The van der Waals surface area contributed by atoms with Gasteiger partial charge in [0.25, 0.3) is 5.82 Å². The van der Waals surface area contributed by atoms with Gasteiger partial charge in [0.2, 0.25) is 0 Å². The standard InChI is InChI=1S/C46H40N3O/c1-27(2)35-25-33(30-14-8-7-9-15-30)26-36(28(3)4)44(35)49-39-19-13-12-18-38(39)48(6)46(49)41-29(5)20-22-34-42-40(50-45(34)41)23-21-32-24-31-16-10-11-17-37(31)47-43(32)42/h7-28H,1-6H3/q+1. The lowest BCUT2D eigenvalue weighted by atomic mass is 9.88. The first-order valence-corrected chi connectivity index (χ1v) is 17.7. The minimum atomic E-state index is 0.292. The Hall–Kier alpha value is -5.74. The maximum Gasteiger partial charge on any atom is 0.299 e. The molecule has 0 N–H and O–H groups in total. The van der Waals surface area contributed by atoms with Gasteiger partial charge in [0.1, 0.15) is 16.8 Å². The van der Waals surface area contributed by atoms with Crippen LogP contribution in [-0.4, -0.2) is 9.55 Å². The number of aryl methyl sites for hydroxylation is 2. The molecule has 0 aliphatic rings. The first-order chi connectivity index (χ1) is 24.3. The Morgan fingerprint density at radius 1 is 0.680 bits per heavy atom. The molecule has 0 saturated heterocycles. The van der Waals surface area contributed by atoms with Crippen LogP contribution in [0.15, 0.2) is 126 Å². The molecule has 0 radical (unpaired) electrons. The zero-order valence-electron chi connectivity index (χ0n) is 29.5. The van der Waals surface area contributed by atoms with Crippen molar-refractivity contribution in [1.82, 2.24) is 9.55 Å². The summed E-state index contributed by atoms with van der Waals surface area (Å²) in [6.45, 7) is 11.5. The van der Waals surface area contributed by atoms with E-state index >= 15 is 0 Å². The number of rotatable bonds is 5. The number of hydrogen-bond acceptors (Lipinski definition) is 2. The summed E-state index contributed by atoms with van der Waals surface area (Å²) in [5.41, 5.74) is 14.7. The fourth-order valence-electron chi connectivity index (χ4n) is 7.98. The Labute approximate surface area is 292 Å². The molecule has 50 heavy (non-hydrogen) atoms. The van der Waals surface area contributed by atoms with Crippen molar-refractivity contribution in [3.8, 4) is 28.2 Å². The molecule has 6 aromatic carbocycles. The van der Waals surface area contributed by atoms with E-state index in [-0.39, 0.29) is 0 Å². The minimum absolute atomic E-state index is 0.292. The molecule has 0 fully saturated rings. The van der Waals surface area contributed by atoms with Crippen LogP contribution in [0, 0.1) is 6.92 Å². The quantitative estimate of drug-likeness (QED) is 0.137. The number of para-hydroxylation sites is 3. The SMILES string of the molecule is Cc1ccc2c(oc3ccc4cc5ccccc5nc4c32)c1-c1n(-c2c(C(C)C)cc(-c3ccccc3)cc2C(C)C)c2ccccc2[n+]1C. The molecule has 4 nitrogen and oxygen atoms in total. The van der Waals surface area contributed by atoms with Crippen LogP contribution < -0.4 is 4.57 Å². The largest absolute Gasteiger partial charge is 0.455 e. The van der Waals surface area contributed by atoms with Gasteiger partial charge in [-0.25, -0.2) is 9.55 Å². The van der Waals surface area contributed by atoms with Gasteiger partial charge in [0.15, 0.2) is 16.6 Å². The molecule has 0 bridgehead atoms. The van der Waals surface area contributed by atoms with Crippen molar-refractivity contribution >= 4 is 54.8 Å². The number of furan rings is 1. The molecule has 4 heteroatoms. The highest BCUT2D eigenvalue weighted by Gasteiger charge is 2.34. The Balaban J connectivity index is 1.41. The van der Waals surface area contributed by atoms with Gasteiger partial charge in [0.05, 0.1) is 23.5 Å². The third kappa shape index (κ3) is 4.51. The molecule has 0 unspecified atom stereocenters. The van der Waals surface area contributed by atoms with E-state index in [9.17, 15) is 0 Å². The van der Waals surface area contributed by atoms with Gasteiger partial charge in [-0.15, -0.1) is 0 Å². The summed E-state index contributed by atoms with van der Waals surface area (Å²) in [6, 6.07) is 43.7. The molecule has 0 saturated carbocycles. The van der Waals surface area contributed by atoms with Crippen LogP contribution in [0.4, 0.5) is 0 Å². The summed E-state index contributed by atoms with van der Waals surface area (Å²) in [6.07, 6.45) is 0. The van der Waals surface area contributed by atoms with Crippen LogP contribution in [0.25, 0.3) is 83.0 Å². The smallest absolute Gasteiger partial charge is 0.299 e. The van der Waals surface area contributed by atoms with Gasteiger partial charge >= 0.3 is 0 Å². The van der Waals surface area contributed by atoms with E-state index in [1.54, 1.807) is 0 Å². The average Bonchev–Trinajstić information content (AvgIpc) is 3.65. The fraction of sp³-hybridized carbons (Fsp3) is 0.174. The van der Waals surface area contributed by atoms with E-state index in [0.29, 0.717) is 11.8 Å². The molecule has 9 rings (SSSR count). The maximum atomic E-state index is 6.95. The average molecular weight is 651 g/mol. The van der Waals surface area contributed by atoms with E-state index in [4.69, 9.17) is 9.40 Å². The second kappa shape index (κ2) is 11.4. The lowest BCUT2D eigenvalue weighted by Gasteiger charge is -2.21. The number of pyridine rings is 1. The first-order valence-electron chi connectivity index (χ1n) is 17.7. The second-order valence-corrected chi connectivity index (χ2v) is 14.3. The molecule has 0 aliphatic heterocycles. The molecule has 0 aliphatic carbocycles. The van der Waals surface area contributed by atoms with Gasteiger partial charge in [0, 0.05) is 27.3 Å². The van der Waals surface area contributed by atoms with Crippen LogP contribution in [-0.2, 0) is 7.05 Å². The monoisotopic (exact) mass is 650 g/mol. The molecule has 3 heterocycles. The van der Waals surface area contributed by atoms with Gasteiger partial charge in [-0.2, -0.15) is 4.57 Å². The van der Waals surface area contributed by atoms with Gasteiger partial charge in [-0.1, -0.05) is 100 Å². The predicted octanol–water partition coefficient (Wildman–Crippen LogP) is 11.9. The summed E-state index contributed by atoms with van der Waals surface area (Å²) in [5.74, 6) is 1.69. The van der Waals surface area contributed by atoms with E-state index in [0.717, 1.165) is 60.7 Å². The van der Waals surface area contributed by atoms with Crippen molar-refractivity contribution < 1.29 is 8.98 Å². The van der Waals surface area contributed by atoms with Gasteiger partial charge < -0.3 is 4.42 Å². The number of fused-ring (bicyclic) bond motifs is 7. The second-order valence-electron chi connectivity index (χ2n) is 14.3. The van der Waals surface area contributed by atoms with Crippen molar-refractivity contribution in [2.24, 2.45) is 7.05 Å². The van der Waals surface area contributed by atoms with E-state index < -0.39 is 0 Å². The lowest BCUT2D eigenvalue weighted by Crippen LogP contribution is -2.30. The van der Waals surface area contributed by atoms with Crippen LogP contribution >= 0.6 is 0 Å². The summed E-state index contributed by atoms with van der Waals surface area (Å²) < 4.78 is 11.8. The molecule has 9 aromatic rings. The van der Waals surface area contributed by atoms with E-state index in [2.05, 4.69) is 172 Å². The number of hydrogen-bond donors (Lipinski definition) is 0. The van der Waals surface area contributed by atoms with E-state index in [1.165, 1.54) is 39.0 Å². The Morgan fingerprint density at radius 3 is 2.14 bits per heavy atom. The van der Waals surface area contributed by atoms with Crippen molar-refractivity contribution in [2.45, 2.75) is 46.5 Å². The zero-order valence-corrected chi connectivity index (χ0v) is 29.5. The third-order valence-corrected chi connectivity index (χ3v) is 10.5. The number of nitrogens with zero attached hydrogens (tertiary/aromatic N) is 3.